The first-order chi connectivity index (χ1) is 32.6. The molecule has 38 heteroatoms. The van der Waals surface area contributed by atoms with Gasteiger partial charge in [0.15, 0.2) is 0 Å². The van der Waals surface area contributed by atoms with Crippen molar-refractivity contribution in [2.75, 3.05) is 59.1 Å². The molecule has 2 aromatic heterocycles. The summed E-state index contributed by atoms with van der Waals surface area (Å²) in [5.74, 6) is -2.39. The van der Waals surface area contributed by atoms with E-state index in [1.165, 1.54) is 72.4 Å². The maximum absolute atomic E-state index is 12.6. The van der Waals surface area contributed by atoms with Crippen molar-refractivity contribution in [2.24, 2.45) is 0 Å². The Hall–Kier alpha value is 1.39. The van der Waals surface area contributed by atoms with Gasteiger partial charge >= 0.3 is 236 Å². The Labute approximate surface area is 629 Å². The zero-order valence-electron chi connectivity index (χ0n) is 44.1. The van der Waals surface area contributed by atoms with Crippen molar-refractivity contribution in [1.82, 2.24) is 29.9 Å². The number of anilines is 6. The molecule has 2 N–H and O–H groups in total. The van der Waals surface area contributed by atoms with Gasteiger partial charge in [0.05, 0.1) is 36.6 Å². The first-order valence-electron chi connectivity index (χ1n) is 19.6. The number of rotatable bonds is 21. The standard InChI is InChI=1S/C40H39N10O15S5.8Na/c1-49(18-20-66(51,52)53)39-45-35(23-27-6-5-8-32(22-27)68(57,58)59)43-37(47-39)41-30-15-11-26(12-16-30)10-13-28-14-17-31(25-34(28)70(63,64)65)42-38-44-36(24-29-7-3-4-9-33(29)69(60,61)62)46-40(48-38)50(2)19-21-67(54,55)56;;;;;;;;/h4-5,7-11,13-17,22,25H,18-21,23-24H2,1-2H3,(H,51,52,53)(H,54,55,56)(H,57,58,59)(H,60,61,62)(H,63,64,65)(H,41,43,45,47)(H,42,44,46,48);;;;;;;;/q-3;8*+1/p-5/b13-10+;;;;;;;;. The fourth-order valence-electron chi connectivity index (χ4n) is 6.07. The van der Waals surface area contributed by atoms with Crippen LogP contribution in [0.3, 0.4) is 0 Å². The third-order valence-corrected chi connectivity index (χ3v) is 13.5. The van der Waals surface area contributed by atoms with Crippen LogP contribution in [0.25, 0.3) is 12.2 Å². The molecule has 0 atom stereocenters. The molecule has 0 fully saturated rings. The van der Waals surface area contributed by atoms with Gasteiger partial charge in [0, 0.05) is 39.3 Å². The third-order valence-electron chi connectivity index (χ3n) is 9.44. The van der Waals surface area contributed by atoms with Crippen LogP contribution in [-0.4, -0.2) is 133 Å². The topological polar surface area (TPSA) is 394 Å². The average molecular weight is 1240 g/mol. The Morgan fingerprint density at radius 2 is 1.04 bits per heavy atom. The van der Waals surface area contributed by atoms with Gasteiger partial charge in [-0.3, -0.25) is 0 Å². The molecule has 4 aromatic carbocycles. The van der Waals surface area contributed by atoms with Crippen LogP contribution < -0.4 is 257 Å². The molecule has 25 nitrogen and oxygen atoms in total. The van der Waals surface area contributed by atoms with Gasteiger partial charge in [-0.05, 0) is 29.8 Å². The molecule has 0 radical (unpaired) electrons. The second kappa shape index (κ2) is 36.5. The number of benzene rings is 4. The largest absolute Gasteiger partial charge is 1.00 e. The minimum atomic E-state index is -5.17. The molecule has 2 heterocycles. The van der Waals surface area contributed by atoms with E-state index in [-0.39, 0.29) is 320 Å². The minimum absolute atomic E-state index is 0. The molecular formula is C40H34N10Na8O15S5. The van der Waals surface area contributed by atoms with Crippen molar-refractivity contribution >= 4 is 97.9 Å². The fourth-order valence-corrected chi connectivity index (χ4v) is 8.97. The van der Waals surface area contributed by atoms with Crippen LogP contribution in [0.15, 0.2) is 87.5 Å². The van der Waals surface area contributed by atoms with Crippen LogP contribution in [0, 0.1) is 18.2 Å². The molecule has 0 saturated carbocycles. The molecule has 0 spiro atoms. The second-order valence-electron chi connectivity index (χ2n) is 14.8. The molecule has 78 heavy (non-hydrogen) atoms. The fraction of sp³-hybridized carbons (Fsp3) is 0.200. The summed E-state index contributed by atoms with van der Waals surface area (Å²) in [7, 11) is -21.4. The van der Waals surface area contributed by atoms with E-state index < -0.39 is 76.8 Å². The Morgan fingerprint density at radius 3 is 1.53 bits per heavy atom. The zero-order chi connectivity index (χ0) is 51.2. The van der Waals surface area contributed by atoms with Crippen LogP contribution in [0.5, 0.6) is 0 Å². The van der Waals surface area contributed by atoms with E-state index in [1.807, 2.05) is 0 Å². The van der Waals surface area contributed by atoms with Crippen molar-refractivity contribution in [3.05, 3.63) is 125 Å². The third kappa shape index (κ3) is 27.4. The SMILES string of the molecule is CN(CCS(=O)(=O)[O-])c1nc(Cc2[c-]ccc(S(=O)(=O)[O-])c2)nc(Nc2c[c-]c(/C=C/c3ccc(Nc4nc(Cc5c[c-]ccc5S(=O)(=O)[O-])nc(N(C)CCS(=O)(=O)[O-])n4)cc3S(=O)(=O)[O-])cc2)n1.[Na+].[Na+].[Na+].[Na+].[Na+].[Na+].[Na+].[Na+]. The molecule has 0 aliphatic heterocycles. The first-order valence-corrected chi connectivity index (χ1v) is 27.0. The number of nitrogens with zero attached hydrogens (tertiary/aromatic N) is 8. The predicted molar refractivity (Wildman–Crippen MR) is 243 cm³/mol. The van der Waals surface area contributed by atoms with E-state index in [0.717, 1.165) is 24.3 Å². The molecule has 0 saturated heterocycles. The zero-order valence-corrected chi connectivity index (χ0v) is 64.2. The molecule has 6 rings (SSSR count). The average Bonchev–Trinajstić information content (AvgIpc) is 3.26. The van der Waals surface area contributed by atoms with Gasteiger partial charge in [-0.15, -0.1) is 42.0 Å². The summed E-state index contributed by atoms with van der Waals surface area (Å²) < 4.78 is 176. The van der Waals surface area contributed by atoms with Crippen molar-refractivity contribution in [3.63, 3.8) is 0 Å². The minimum Gasteiger partial charge on any atom is -0.748 e. The van der Waals surface area contributed by atoms with E-state index in [9.17, 15) is 64.9 Å². The Bertz CT molecular complexity index is 3570. The van der Waals surface area contributed by atoms with Gasteiger partial charge < -0.3 is 43.2 Å². The number of hydrogen-bond donors (Lipinski definition) is 2. The van der Waals surface area contributed by atoms with Crippen molar-refractivity contribution in [2.45, 2.75) is 27.5 Å². The normalized spacial score (nSPS) is 11.2. The smallest absolute Gasteiger partial charge is 0.748 e. The van der Waals surface area contributed by atoms with Crippen molar-refractivity contribution in [1.29, 1.82) is 0 Å². The van der Waals surface area contributed by atoms with E-state index in [2.05, 4.69) is 58.7 Å². The Balaban J connectivity index is -0.00000703. The predicted octanol–water partition coefficient (Wildman–Crippen LogP) is -23.0. The van der Waals surface area contributed by atoms with Crippen LogP contribution in [0.2, 0.25) is 0 Å². The number of aromatic nitrogens is 6. The second-order valence-corrected chi connectivity index (χ2v) is 21.9. The van der Waals surface area contributed by atoms with Crippen molar-refractivity contribution in [3.8, 4) is 0 Å². The first kappa shape index (κ1) is 83.6. The summed E-state index contributed by atoms with van der Waals surface area (Å²) in [6, 6.07) is 23.4. The summed E-state index contributed by atoms with van der Waals surface area (Å²) >= 11 is 0. The molecule has 0 aliphatic carbocycles. The van der Waals surface area contributed by atoms with E-state index in [1.54, 1.807) is 12.1 Å². The molecule has 372 valence electrons. The van der Waals surface area contributed by atoms with E-state index >= 15 is 0 Å². The van der Waals surface area contributed by atoms with Gasteiger partial charge in [0.1, 0.15) is 42.0 Å². The Morgan fingerprint density at radius 1 is 0.526 bits per heavy atom. The summed E-state index contributed by atoms with van der Waals surface area (Å²) in [6.07, 6.45) is 2.22. The maximum atomic E-state index is 12.6. The summed E-state index contributed by atoms with van der Waals surface area (Å²) in [5.41, 5.74) is 0.799. The Kier molecular flexibility index (Phi) is 39.1. The summed E-state index contributed by atoms with van der Waals surface area (Å²) in [4.78, 5) is 26.3. The number of hydrogen-bond acceptors (Lipinski definition) is 25. The van der Waals surface area contributed by atoms with Crippen LogP contribution in [-0.2, 0) is 63.4 Å². The van der Waals surface area contributed by atoms with Gasteiger partial charge in [-0.1, -0.05) is 21.9 Å². The molecule has 0 aliphatic rings. The quantitative estimate of drug-likeness (QED) is 0.0292. The molecule has 0 amide bonds. The van der Waals surface area contributed by atoms with Gasteiger partial charge in [0.25, 0.3) is 0 Å². The van der Waals surface area contributed by atoms with E-state index in [4.69, 9.17) is 0 Å². The van der Waals surface area contributed by atoms with Crippen molar-refractivity contribution < 1.29 is 301 Å². The number of nitrogens with one attached hydrogen (secondary N) is 2. The molecule has 6 aromatic rings. The van der Waals surface area contributed by atoms with Crippen LogP contribution >= 0.6 is 0 Å². The maximum Gasteiger partial charge on any atom is 1.00 e. The van der Waals surface area contributed by atoms with Crippen LogP contribution in [0.1, 0.15) is 33.9 Å². The van der Waals surface area contributed by atoms with Gasteiger partial charge in [0.2, 0.25) is 23.8 Å². The molecular weight excluding hydrogens is 1200 g/mol. The van der Waals surface area contributed by atoms with E-state index in [0.29, 0.717) is 11.3 Å². The monoisotopic (exact) mass is 1240 g/mol. The molecule has 0 unspecified atom stereocenters. The summed E-state index contributed by atoms with van der Waals surface area (Å²) in [6.45, 7) is -0.683. The van der Waals surface area contributed by atoms with Gasteiger partial charge in [-0.25, -0.2) is 42.1 Å². The molecule has 0 bridgehead atoms. The van der Waals surface area contributed by atoms with Gasteiger partial charge in [-0.2, -0.15) is 83.5 Å². The van der Waals surface area contributed by atoms with Crippen LogP contribution in [0.4, 0.5) is 35.2 Å². The summed E-state index contributed by atoms with van der Waals surface area (Å²) in [5, 5.41) is 5.68.